The Labute approximate surface area is 117 Å². The van der Waals surface area contributed by atoms with Gasteiger partial charge in [0.25, 0.3) is 0 Å². The summed E-state index contributed by atoms with van der Waals surface area (Å²) in [6.07, 6.45) is 11.0. The van der Waals surface area contributed by atoms with Gasteiger partial charge in [-0.15, -0.1) is 0 Å². The quantitative estimate of drug-likeness (QED) is 0.831. The molecule has 110 valence electrons. The number of carbonyl (C=O) groups is 1. The maximum absolute atomic E-state index is 12.4. The average molecular weight is 267 g/mol. The zero-order valence-corrected chi connectivity index (χ0v) is 12.3. The second kappa shape index (κ2) is 7.28. The second-order valence-electron chi connectivity index (χ2n) is 6.51. The number of likely N-dealkylation sites (tertiary alicyclic amines) is 1. The van der Waals surface area contributed by atoms with Gasteiger partial charge in [0.15, 0.2) is 0 Å². The highest BCUT2D eigenvalue weighted by molar-refractivity contribution is 5.76. The van der Waals surface area contributed by atoms with E-state index >= 15 is 0 Å². The Morgan fingerprint density at radius 3 is 2.58 bits per heavy atom. The van der Waals surface area contributed by atoms with Crippen molar-refractivity contribution in [3.05, 3.63) is 0 Å². The van der Waals surface area contributed by atoms with Gasteiger partial charge in [-0.1, -0.05) is 25.7 Å². The zero-order chi connectivity index (χ0) is 13.7. The Hall–Kier alpha value is -0.570. The van der Waals surface area contributed by atoms with Crippen LogP contribution in [0.1, 0.15) is 71.1 Å². The monoisotopic (exact) mass is 267 g/mol. The molecular formula is C16H29NO2. The van der Waals surface area contributed by atoms with Crippen molar-refractivity contribution in [1.29, 1.82) is 0 Å². The third kappa shape index (κ3) is 4.48. The lowest BCUT2D eigenvalue weighted by atomic mass is 9.95. The van der Waals surface area contributed by atoms with E-state index in [1.54, 1.807) is 0 Å². The van der Waals surface area contributed by atoms with Crippen LogP contribution in [-0.4, -0.2) is 34.6 Å². The van der Waals surface area contributed by atoms with Crippen LogP contribution in [0, 0.1) is 5.92 Å². The minimum Gasteiger partial charge on any atom is -0.393 e. The van der Waals surface area contributed by atoms with Crippen LogP contribution >= 0.6 is 0 Å². The summed E-state index contributed by atoms with van der Waals surface area (Å²) in [4.78, 5) is 14.5. The summed E-state index contributed by atoms with van der Waals surface area (Å²) in [5.41, 5.74) is 0. The molecule has 1 heterocycles. The standard InChI is InChI=1S/C16H29NO2/c1-13(18)12-15-8-4-5-11-17(15)16(19)10-9-14-6-2-3-7-14/h13-15,18H,2-12H2,1H3. The molecule has 0 spiro atoms. The minimum atomic E-state index is -0.298. The molecule has 3 nitrogen and oxygen atoms in total. The number of aliphatic hydroxyl groups is 1. The Bertz CT molecular complexity index is 284. The first kappa shape index (κ1) is 14.8. The number of piperidine rings is 1. The van der Waals surface area contributed by atoms with Gasteiger partial charge < -0.3 is 10.0 Å². The van der Waals surface area contributed by atoms with Crippen LogP contribution in [0.3, 0.4) is 0 Å². The summed E-state index contributed by atoms with van der Waals surface area (Å²) in [6.45, 7) is 2.73. The van der Waals surface area contributed by atoms with Gasteiger partial charge in [0, 0.05) is 19.0 Å². The molecule has 1 saturated heterocycles. The van der Waals surface area contributed by atoms with Crippen molar-refractivity contribution in [3.8, 4) is 0 Å². The molecule has 0 aromatic carbocycles. The van der Waals surface area contributed by atoms with Crippen LogP contribution in [0.25, 0.3) is 0 Å². The number of carbonyl (C=O) groups excluding carboxylic acids is 1. The van der Waals surface area contributed by atoms with Crippen LogP contribution in [0.4, 0.5) is 0 Å². The Balaban J connectivity index is 1.80. The van der Waals surface area contributed by atoms with Crippen LogP contribution in [-0.2, 0) is 4.79 Å². The fourth-order valence-electron chi connectivity index (χ4n) is 3.74. The lowest BCUT2D eigenvalue weighted by Crippen LogP contribution is -2.45. The highest BCUT2D eigenvalue weighted by atomic mass is 16.3. The number of rotatable bonds is 5. The van der Waals surface area contributed by atoms with E-state index in [4.69, 9.17) is 0 Å². The molecule has 1 saturated carbocycles. The summed E-state index contributed by atoms with van der Waals surface area (Å²) in [5, 5.41) is 9.57. The molecule has 3 heteroatoms. The molecule has 1 aliphatic heterocycles. The van der Waals surface area contributed by atoms with E-state index in [0.717, 1.165) is 44.6 Å². The van der Waals surface area contributed by atoms with Crippen molar-refractivity contribution in [2.45, 2.75) is 83.3 Å². The lowest BCUT2D eigenvalue weighted by molar-refractivity contribution is -0.135. The first-order chi connectivity index (χ1) is 9.16. The smallest absolute Gasteiger partial charge is 0.222 e. The number of hydrogen-bond acceptors (Lipinski definition) is 2. The van der Waals surface area contributed by atoms with Gasteiger partial charge in [-0.3, -0.25) is 4.79 Å². The van der Waals surface area contributed by atoms with Crippen molar-refractivity contribution in [2.24, 2.45) is 5.92 Å². The predicted molar refractivity (Wildman–Crippen MR) is 76.8 cm³/mol. The highest BCUT2D eigenvalue weighted by Gasteiger charge is 2.28. The Morgan fingerprint density at radius 1 is 1.21 bits per heavy atom. The molecule has 1 N–H and O–H groups in total. The zero-order valence-electron chi connectivity index (χ0n) is 12.3. The molecule has 1 aliphatic carbocycles. The van der Waals surface area contributed by atoms with Crippen LogP contribution in [0.15, 0.2) is 0 Å². The summed E-state index contributed by atoms with van der Waals surface area (Å²) < 4.78 is 0. The minimum absolute atomic E-state index is 0.282. The number of nitrogens with zero attached hydrogens (tertiary/aromatic N) is 1. The van der Waals surface area contributed by atoms with Gasteiger partial charge in [0.05, 0.1) is 6.10 Å². The highest BCUT2D eigenvalue weighted by Crippen LogP contribution is 2.29. The molecule has 1 amide bonds. The molecule has 0 radical (unpaired) electrons. The molecule has 2 unspecified atom stereocenters. The normalized spacial score (nSPS) is 26.6. The van der Waals surface area contributed by atoms with Crippen molar-refractivity contribution in [1.82, 2.24) is 4.90 Å². The van der Waals surface area contributed by atoms with Crippen molar-refractivity contribution in [3.63, 3.8) is 0 Å². The molecular weight excluding hydrogens is 238 g/mol. The summed E-state index contributed by atoms with van der Waals surface area (Å²) in [6, 6.07) is 0.282. The molecule has 19 heavy (non-hydrogen) atoms. The number of amides is 1. The largest absolute Gasteiger partial charge is 0.393 e. The average Bonchev–Trinajstić information content (AvgIpc) is 2.89. The van der Waals surface area contributed by atoms with E-state index in [0.29, 0.717) is 5.91 Å². The Kier molecular flexibility index (Phi) is 5.68. The SMILES string of the molecule is CC(O)CC1CCCCN1C(=O)CCC1CCCC1. The molecule has 0 aromatic rings. The van der Waals surface area contributed by atoms with Gasteiger partial charge in [0.2, 0.25) is 5.91 Å². The van der Waals surface area contributed by atoms with E-state index in [2.05, 4.69) is 4.90 Å². The van der Waals surface area contributed by atoms with Crippen LogP contribution in [0.2, 0.25) is 0 Å². The fourth-order valence-corrected chi connectivity index (χ4v) is 3.74. The fraction of sp³-hybridized carbons (Fsp3) is 0.938. The van der Waals surface area contributed by atoms with Gasteiger partial charge in [-0.25, -0.2) is 0 Å². The number of hydrogen-bond donors (Lipinski definition) is 1. The van der Waals surface area contributed by atoms with E-state index in [-0.39, 0.29) is 12.1 Å². The topological polar surface area (TPSA) is 40.5 Å². The third-order valence-electron chi connectivity index (χ3n) is 4.80. The van der Waals surface area contributed by atoms with Gasteiger partial charge >= 0.3 is 0 Å². The maximum atomic E-state index is 12.4. The van der Waals surface area contributed by atoms with Crippen molar-refractivity contribution >= 4 is 5.91 Å². The summed E-state index contributed by atoms with van der Waals surface area (Å²) in [7, 11) is 0. The van der Waals surface area contributed by atoms with Gasteiger partial charge in [-0.05, 0) is 44.9 Å². The van der Waals surface area contributed by atoms with E-state index in [1.807, 2.05) is 6.92 Å². The van der Waals surface area contributed by atoms with Gasteiger partial charge in [0.1, 0.15) is 0 Å². The van der Waals surface area contributed by atoms with E-state index < -0.39 is 0 Å². The molecule has 0 bridgehead atoms. The van der Waals surface area contributed by atoms with E-state index in [9.17, 15) is 9.90 Å². The maximum Gasteiger partial charge on any atom is 0.222 e. The van der Waals surface area contributed by atoms with Gasteiger partial charge in [-0.2, -0.15) is 0 Å². The first-order valence-electron chi connectivity index (χ1n) is 8.14. The predicted octanol–water partition coefficient (Wildman–Crippen LogP) is 3.11. The van der Waals surface area contributed by atoms with Crippen molar-refractivity contribution < 1.29 is 9.90 Å². The summed E-state index contributed by atoms with van der Waals surface area (Å²) >= 11 is 0. The lowest BCUT2D eigenvalue weighted by Gasteiger charge is -2.36. The third-order valence-corrected chi connectivity index (χ3v) is 4.80. The molecule has 2 rings (SSSR count). The van der Waals surface area contributed by atoms with Crippen molar-refractivity contribution in [2.75, 3.05) is 6.54 Å². The number of aliphatic hydroxyl groups excluding tert-OH is 1. The van der Waals surface area contributed by atoms with Crippen LogP contribution in [0.5, 0.6) is 0 Å². The Morgan fingerprint density at radius 2 is 1.89 bits per heavy atom. The molecule has 2 atom stereocenters. The molecule has 2 fully saturated rings. The molecule has 0 aromatic heterocycles. The van der Waals surface area contributed by atoms with E-state index in [1.165, 1.54) is 32.1 Å². The second-order valence-corrected chi connectivity index (χ2v) is 6.51. The first-order valence-corrected chi connectivity index (χ1v) is 8.14. The summed E-state index contributed by atoms with van der Waals surface area (Å²) in [5.74, 6) is 1.13. The van der Waals surface area contributed by atoms with Crippen LogP contribution < -0.4 is 0 Å². The molecule has 2 aliphatic rings.